The van der Waals surface area contributed by atoms with E-state index in [4.69, 9.17) is 9.94 Å². The summed E-state index contributed by atoms with van der Waals surface area (Å²) in [6.07, 6.45) is 4.63. The van der Waals surface area contributed by atoms with Gasteiger partial charge in [0.05, 0.1) is 0 Å². The number of oxime groups is 1. The first-order valence-corrected chi connectivity index (χ1v) is 7.02. The maximum atomic E-state index is 10.4. The Bertz CT molecular complexity index is 574. The predicted octanol–water partition coefficient (Wildman–Crippen LogP) is 2.50. The minimum Gasteiger partial charge on any atom is -0.481 e. The Morgan fingerprint density at radius 3 is 2.50 bits per heavy atom. The normalized spacial score (nSPS) is 11.2. The van der Waals surface area contributed by atoms with E-state index >= 15 is 0 Å². The summed E-state index contributed by atoms with van der Waals surface area (Å²) in [5, 5.41) is 12.7. The molecule has 2 rings (SSSR count). The van der Waals surface area contributed by atoms with Gasteiger partial charge >= 0.3 is 5.97 Å². The molecule has 0 aliphatic heterocycles. The predicted molar refractivity (Wildman–Crippen MR) is 81.6 cm³/mol. The summed E-state index contributed by atoms with van der Waals surface area (Å²) in [4.78, 5) is 24.1. The SMILES string of the molecule is O=C(O)CCCCO/N=C(/c1ccccc1)c1ncccn1. The smallest absolute Gasteiger partial charge is 0.303 e. The van der Waals surface area contributed by atoms with Crippen LogP contribution in [-0.2, 0) is 9.63 Å². The van der Waals surface area contributed by atoms with E-state index in [1.807, 2.05) is 30.3 Å². The van der Waals surface area contributed by atoms with E-state index in [9.17, 15) is 4.79 Å². The molecule has 1 heterocycles. The van der Waals surface area contributed by atoms with Crippen molar-refractivity contribution in [2.24, 2.45) is 5.16 Å². The molecule has 0 spiro atoms. The third-order valence-corrected chi connectivity index (χ3v) is 2.86. The largest absolute Gasteiger partial charge is 0.481 e. The van der Waals surface area contributed by atoms with Gasteiger partial charge in [-0.1, -0.05) is 35.5 Å². The zero-order chi connectivity index (χ0) is 15.6. The molecule has 0 bridgehead atoms. The molecule has 0 saturated carbocycles. The number of carbonyl (C=O) groups is 1. The van der Waals surface area contributed by atoms with Gasteiger partial charge in [0, 0.05) is 24.4 Å². The van der Waals surface area contributed by atoms with Gasteiger partial charge in [-0.3, -0.25) is 4.79 Å². The second-order valence-corrected chi connectivity index (χ2v) is 4.56. The summed E-state index contributed by atoms with van der Waals surface area (Å²) < 4.78 is 0. The fraction of sp³-hybridized carbons (Fsp3) is 0.250. The van der Waals surface area contributed by atoms with Gasteiger partial charge in [-0.2, -0.15) is 0 Å². The molecular weight excluding hydrogens is 282 g/mol. The first kappa shape index (κ1) is 15.6. The molecule has 114 valence electrons. The van der Waals surface area contributed by atoms with Crippen molar-refractivity contribution >= 4 is 11.7 Å². The summed E-state index contributed by atoms with van der Waals surface area (Å²) in [5.41, 5.74) is 1.42. The van der Waals surface area contributed by atoms with Crippen molar-refractivity contribution in [3.63, 3.8) is 0 Å². The van der Waals surface area contributed by atoms with Crippen LogP contribution in [0.2, 0.25) is 0 Å². The highest BCUT2D eigenvalue weighted by atomic mass is 16.6. The average molecular weight is 299 g/mol. The van der Waals surface area contributed by atoms with Crippen molar-refractivity contribution in [1.29, 1.82) is 0 Å². The summed E-state index contributed by atoms with van der Waals surface area (Å²) in [5.74, 6) is -0.314. The van der Waals surface area contributed by atoms with Gasteiger partial charge in [0.25, 0.3) is 0 Å². The van der Waals surface area contributed by atoms with Crippen LogP contribution in [0.5, 0.6) is 0 Å². The Hall–Kier alpha value is -2.76. The number of hydrogen-bond donors (Lipinski definition) is 1. The van der Waals surface area contributed by atoms with Crippen molar-refractivity contribution in [2.45, 2.75) is 19.3 Å². The van der Waals surface area contributed by atoms with Gasteiger partial charge in [0.15, 0.2) is 11.5 Å². The maximum absolute atomic E-state index is 10.4. The molecule has 1 aromatic heterocycles. The number of carboxylic acids is 1. The summed E-state index contributed by atoms with van der Waals surface area (Å²) in [6.45, 7) is 0.358. The molecule has 0 aliphatic rings. The molecule has 22 heavy (non-hydrogen) atoms. The van der Waals surface area contributed by atoms with Gasteiger partial charge in [0.2, 0.25) is 0 Å². The van der Waals surface area contributed by atoms with E-state index in [0.717, 1.165) is 5.56 Å². The number of benzene rings is 1. The average Bonchev–Trinajstić information content (AvgIpc) is 2.55. The molecule has 0 saturated heterocycles. The van der Waals surface area contributed by atoms with Crippen LogP contribution in [0, 0.1) is 0 Å². The van der Waals surface area contributed by atoms with Crippen LogP contribution in [0.15, 0.2) is 53.9 Å². The number of aliphatic carboxylic acids is 1. The minimum atomic E-state index is -0.800. The quantitative estimate of drug-likeness (QED) is 0.460. The van der Waals surface area contributed by atoms with E-state index < -0.39 is 5.97 Å². The zero-order valence-electron chi connectivity index (χ0n) is 12.1. The van der Waals surface area contributed by atoms with Crippen molar-refractivity contribution in [2.75, 3.05) is 6.61 Å². The molecule has 1 aromatic carbocycles. The molecule has 0 amide bonds. The number of carboxylic acid groups (broad SMARTS) is 1. The molecule has 0 atom stereocenters. The molecule has 6 nitrogen and oxygen atoms in total. The Labute approximate surface area is 128 Å². The van der Waals surface area contributed by atoms with Crippen molar-refractivity contribution < 1.29 is 14.7 Å². The molecule has 0 aliphatic carbocycles. The lowest BCUT2D eigenvalue weighted by Crippen LogP contribution is -2.09. The second kappa shape index (κ2) is 8.51. The summed E-state index contributed by atoms with van der Waals surface area (Å²) >= 11 is 0. The minimum absolute atomic E-state index is 0.139. The van der Waals surface area contributed by atoms with Gasteiger partial charge in [-0.05, 0) is 18.9 Å². The molecule has 0 unspecified atom stereocenters. The van der Waals surface area contributed by atoms with E-state index in [0.29, 0.717) is 31.0 Å². The standard InChI is InChI=1S/C16H17N3O3/c20-14(21)9-4-5-12-22-19-15(13-7-2-1-3-8-13)16-17-10-6-11-18-16/h1-3,6-8,10-11H,4-5,9,12H2,(H,20,21)/b19-15-. The van der Waals surface area contributed by atoms with E-state index in [1.165, 1.54) is 0 Å². The summed E-state index contributed by atoms with van der Waals surface area (Å²) in [7, 11) is 0. The molecular formula is C16H17N3O3. The highest BCUT2D eigenvalue weighted by Gasteiger charge is 2.10. The number of nitrogens with zero attached hydrogens (tertiary/aromatic N) is 3. The maximum Gasteiger partial charge on any atom is 0.303 e. The van der Waals surface area contributed by atoms with Crippen LogP contribution >= 0.6 is 0 Å². The molecule has 1 N–H and O–H groups in total. The van der Waals surface area contributed by atoms with Gasteiger partial charge in [0.1, 0.15) is 6.61 Å². The molecule has 0 radical (unpaired) electrons. The topological polar surface area (TPSA) is 84.7 Å². The second-order valence-electron chi connectivity index (χ2n) is 4.56. The third kappa shape index (κ3) is 4.97. The highest BCUT2D eigenvalue weighted by Crippen LogP contribution is 2.07. The first-order valence-electron chi connectivity index (χ1n) is 7.02. The Balaban J connectivity index is 2.02. The lowest BCUT2D eigenvalue weighted by molar-refractivity contribution is -0.137. The number of unbranched alkanes of at least 4 members (excludes halogenated alkanes) is 1. The van der Waals surface area contributed by atoms with Crippen LogP contribution in [0.4, 0.5) is 0 Å². The molecule has 2 aromatic rings. The van der Waals surface area contributed by atoms with Crippen LogP contribution in [0.25, 0.3) is 0 Å². The monoisotopic (exact) mass is 299 g/mol. The van der Waals surface area contributed by atoms with E-state index in [2.05, 4.69) is 15.1 Å². The lowest BCUT2D eigenvalue weighted by Gasteiger charge is -2.05. The highest BCUT2D eigenvalue weighted by molar-refractivity contribution is 6.10. The van der Waals surface area contributed by atoms with Gasteiger partial charge < -0.3 is 9.94 Å². The Morgan fingerprint density at radius 1 is 1.09 bits per heavy atom. The zero-order valence-corrected chi connectivity index (χ0v) is 12.1. The van der Waals surface area contributed by atoms with E-state index in [1.54, 1.807) is 18.5 Å². The van der Waals surface area contributed by atoms with Gasteiger partial charge in [-0.15, -0.1) is 0 Å². The van der Waals surface area contributed by atoms with Crippen LogP contribution in [-0.4, -0.2) is 33.4 Å². The third-order valence-electron chi connectivity index (χ3n) is 2.86. The molecule has 6 heteroatoms. The Kier molecular flexibility index (Phi) is 6.04. The van der Waals surface area contributed by atoms with E-state index in [-0.39, 0.29) is 6.42 Å². The number of aromatic nitrogens is 2. The Morgan fingerprint density at radius 2 is 1.82 bits per heavy atom. The van der Waals surface area contributed by atoms with Crippen LogP contribution in [0.3, 0.4) is 0 Å². The number of rotatable bonds is 8. The van der Waals surface area contributed by atoms with Crippen molar-refractivity contribution in [1.82, 2.24) is 9.97 Å². The van der Waals surface area contributed by atoms with Crippen LogP contribution < -0.4 is 0 Å². The number of hydrogen-bond acceptors (Lipinski definition) is 5. The molecule has 0 fully saturated rings. The van der Waals surface area contributed by atoms with Gasteiger partial charge in [-0.25, -0.2) is 9.97 Å². The fourth-order valence-corrected chi connectivity index (χ4v) is 1.79. The van der Waals surface area contributed by atoms with Crippen LogP contribution in [0.1, 0.15) is 30.7 Å². The van der Waals surface area contributed by atoms with Crippen molar-refractivity contribution in [3.05, 3.63) is 60.2 Å². The first-order chi connectivity index (χ1) is 10.8. The lowest BCUT2D eigenvalue weighted by atomic mass is 10.1. The summed E-state index contributed by atoms with van der Waals surface area (Å²) in [6, 6.07) is 11.3. The van der Waals surface area contributed by atoms with Crippen molar-refractivity contribution in [3.8, 4) is 0 Å². The fourth-order valence-electron chi connectivity index (χ4n) is 1.79.